The van der Waals surface area contributed by atoms with Gasteiger partial charge in [0.15, 0.2) is 0 Å². The van der Waals surface area contributed by atoms with E-state index in [1.54, 1.807) is 0 Å². The Morgan fingerprint density at radius 3 is 2.00 bits per heavy atom. The maximum atomic E-state index is 12.0. The predicted molar refractivity (Wildman–Crippen MR) is 120 cm³/mol. The molecule has 0 aromatic heterocycles. The summed E-state index contributed by atoms with van der Waals surface area (Å²) in [5.41, 5.74) is 3.31. The Morgan fingerprint density at radius 1 is 0.793 bits per heavy atom. The molecule has 0 radical (unpaired) electrons. The van der Waals surface area contributed by atoms with E-state index in [2.05, 4.69) is 38.1 Å². The first-order valence-electron chi connectivity index (χ1n) is 11.2. The molecule has 0 saturated heterocycles. The van der Waals surface area contributed by atoms with Crippen LogP contribution in [0.4, 0.5) is 0 Å². The molecule has 0 N–H and O–H groups in total. The molecule has 0 aliphatic carbocycles. The molecular formula is C26H36O3. The number of hydrogen-bond acceptors (Lipinski definition) is 3. The first kappa shape index (κ1) is 23.0. The fourth-order valence-electron chi connectivity index (χ4n) is 3.25. The van der Waals surface area contributed by atoms with E-state index < -0.39 is 0 Å². The summed E-state index contributed by atoms with van der Waals surface area (Å²) in [6.07, 6.45) is 8.15. The van der Waals surface area contributed by atoms with Crippen LogP contribution in [0.2, 0.25) is 0 Å². The number of rotatable bonds is 13. The molecule has 0 amide bonds. The Labute approximate surface area is 176 Å². The van der Waals surface area contributed by atoms with Crippen LogP contribution in [0, 0.1) is 0 Å². The van der Waals surface area contributed by atoms with Crippen molar-refractivity contribution in [2.75, 3.05) is 6.61 Å². The Balaban J connectivity index is 1.85. The summed E-state index contributed by atoms with van der Waals surface area (Å²) in [6.45, 7) is 7.07. The van der Waals surface area contributed by atoms with Gasteiger partial charge in [0.05, 0.1) is 6.61 Å². The zero-order chi connectivity index (χ0) is 20.9. The lowest BCUT2D eigenvalue weighted by Crippen LogP contribution is -2.08. The molecule has 1 atom stereocenters. The molecule has 2 aromatic carbocycles. The molecular weight excluding hydrogens is 360 g/mol. The number of benzene rings is 2. The van der Waals surface area contributed by atoms with Crippen LogP contribution in [0.5, 0.6) is 5.75 Å². The van der Waals surface area contributed by atoms with Crippen LogP contribution in [0.15, 0.2) is 48.5 Å². The summed E-state index contributed by atoms with van der Waals surface area (Å²) in [6, 6.07) is 16.5. The lowest BCUT2D eigenvalue weighted by molar-refractivity contribution is -0.148. The lowest BCUT2D eigenvalue weighted by Gasteiger charge is -2.14. The van der Waals surface area contributed by atoms with E-state index in [9.17, 15) is 4.79 Å². The highest BCUT2D eigenvalue weighted by Gasteiger charge is 2.11. The van der Waals surface area contributed by atoms with E-state index in [-0.39, 0.29) is 12.1 Å². The van der Waals surface area contributed by atoms with Crippen molar-refractivity contribution < 1.29 is 14.3 Å². The monoisotopic (exact) mass is 396 g/mol. The summed E-state index contributed by atoms with van der Waals surface area (Å²) in [7, 11) is 0. The molecule has 2 rings (SSSR count). The quantitative estimate of drug-likeness (QED) is 0.260. The van der Waals surface area contributed by atoms with Gasteiger partial charge in [0, 0.05) is 6.42 Å². The van der Waals surface area contributed by atoms with Gasteiger partial charge in [0.25, 0.3) is 0 Å². The van der Waals surface area contributed by atoms with Crippen LogP contribution >= 0.6 is 0 Å². The van der Waals surface area contributed by atoms with Crippen molar-refractivity contribution in [3.8, 4) is 16.9 Å². The fourth-order valence-corrected chi connectivity index (χ4v) is 3.25. The van der Waals surface area contributed by atoms with E-state index in [0.29, 0.717) is 6.42 Å². The molecule has 3 nitrogen and oxygen atoms in total. The zero-order valence-corrected chi connectivity index (χ0v) is 18.3. The molecule has 2 aromatic rings. The Hall–Kier alpha value is -2.29. The molecule has 0 bridgehead atoms. The van der Waals surface area contributed by atoms with E-state index >= 15 is 0 Å². The molecule has 0 spiro atoms. The third kappa shape index (κ3) is 8.31. The van der Waals surface area contributed by atoms with Crippen molar-refractivity contribution in [1.29, 1.82) is 0 Å². The zero-order valence-electron chi connectivity index (χ0n) is 18.3. The van der Waals surface area contributed by atoms with Crippen LogP contribution in [0.25, 0.3) is 11.1 Å². The van der Waals surface area contributed by atoms with E-state index in [4.69, 9.17) is 9.47 Å². The molecule has 0 aliphatic rings. The van der Waals surface area contributed by atoms with Crippen LogP contribution in [-0.4, -0.2) is 12.6 Å². The second kappa shape index (κ2) is 13.0. The van der Waals surface area contributed by atoms with Gasteiger partial charge in [-0.05, 0) is 48.6 Å². The second-order valence-corrected chi connectivity index (χ2v) is 7.64. The minimum Gasteiger partial charge on any atom is -0.494 e. The van der Waals surface area contributed by atoms with Gasteiger partial charge in [-0.1, -0.05) is 82.3 Å². The molecule has 0 saturated carbocycles. The van der Waals surface area contributed by atoms with Crippen molar-refractivity contribution in [3.05, 3.63) is 54.1 Å². The van der Waals surface area contributed by atoms with E-state index in [1.807, 2.05) is 31.2 Å². The van der Waals surface area contributed by atoms with Gasteiger partial charge in [0.1, 0.15) is 11.9 Å². The first-order valence-corrected chi connectivity index (χ1v) is 11.2. The van der Waals surface area contributed by atoms with Gasteiger partial charge >= 0.3 is 5.97 Å². The Bertz CT molecular complexity index is 704. The highest BCUT2D eigenvalue weighted by Crippen LogP contribution is 2.25. The largest absolute Gasteiger partial charge is 0.494 e. The summed E-state index contributed by atoms with van der Waals surface area (Å²) in [5, 5.41) is 0. The molecule has 29 heavy (non-hydrogen) atoms. The van der Waals surface area contributed by atoms with Gasteiger partial charge in [-0.2, -0.15) is 0 Å². The van der Waals surface area contributed by atoms with Crippen LogP contribution in [-0.2, 0) is 9.53 Å². The maximum Gasteiger partial charge on any atom is 0.306 e. The molecule has 0 fully saturated rings. The van der Waals surface area contributed by atoms with Crippen molar-refractivity contribution in [2.24, 2.45) is 0 Å². The number of carbonyl (C=O) groups excluding carboxylic acids is 1. The topological polar surface area (TPSA) is 35.5 Å². The minimum atomic E-state index is -0.221. The lowest BCUT2D eigenvalue weighted by atomic mass is 10.0. The summed E-state index contributed by atoms with van der Waals surface area (Å²) < 4.78 is 11.4. The van der Waals surface area contributed by atoms with Gasteiger partial charge in [-0.25, -0.2) is 0 Å². The highest BCUT2D eigenvalue weighted by molar-refractivity contribution is 5.69. The van der Waals surface area contributed by atoms with Gasteiger partial charge in [-0.3, -0.25) is 4.79 Å². The van der Waals surface area contributed by atoms with E-state index in [0.717, 1.165) is 48.3 Å². The molecule has 3 heteroatoms. The molecule has 0 heterocycles. The smallest absolute Gasteiger partial charge is 0.306 e. The summed E-state index contributed by atoms with van der Waals surface area (Å²) in [4.78, 5) is 12.0. The molecule has 158 valence electrons. The molecule has 0 aliphatic heterocycles. The minimum absolute atomic E-state index is 0.104. The van der Waals surface area contributed by atoms with Crippen molar-refractivity contribution >= 4 is 5.97 Å². The normalized spacial score (nSPS) is 11.8. The van der Waals surface area contributed by atoms with Crippen LogP contribution in [0.1, 0.15) is 83.8 Å². The average molecular weight is 397 g/mol. The molecule has 1 unspecified atom stereocenters. The van der Waals surface area contributed by atoms with Gasteiger partial charge in [-0.15, -0.1) is 0 Å². The number of unbranched alkanes of at least 4 members (excludes halogenated alkanes) is 5. The van der Waals surface area contributed by atoms with Crippen molar-refractivity contribution in [2.45, 2.75) is 78.2 Å². The van der Waals surface area contributed by atoms with E-state index in [1.165, 1.54) is 25.7 Å². The van der Waals surface area contributed by atoms with Gasteiger partial charge in [0.2, 0.25) is 0 Å². The highest BCUT2D eigenvalue weighted by atomic mass is 16.5. The van der Waals surface area contributed by atoms with Crippen LogP contribution in [0.3, 0.4) is 0 Å². The third-order valence-electron chi connectivity index (χ3n) is 5.13. The summed E-state index contributed by atoms with van der Waals surface area (Å²) >= 11 is 0. The standard InChI is InChI=1S/C26H36O3/c1-4-6-8-9-11-26(27)29-21(3)22-12-14-23(15-13-22)24-16-18-25(19-17-24)28-20-10-7-5-2/h12-19,21H,4-11,20H2,1-3H3. The predicted octanol–water partition coefficient (Wildman–Crippen LogP) is 7.50. The van der Waals surface area contributed by atoms with Crippen LogP contribution < -0.4 is 4.74 Å². The Kier molecular flexibility index (Phi) is 10.3. The number of ether oxygens (including phenoxy) is 2. The second-order valence-electron chi connectivity index (χ2n) is 7.64. The van der Waals surface area contributed by atoms with Crippen molar-refractivity contribution in [3.63, 3.8) is 0 Å². The number of hydrogen-bond donors (Lipinski definition) is 0. The van der Waals surface area contributed by atoms with Crippen molar-refractivity contribution in [1.82, 2.24) is 0 Å². The van der Waals surface area contributed by atoms with Gasteiger partial charge < -0.3 is 9.47 Å². The number of esters is 1. The summed E-state index contributed by atoms with van der Waals surface area (Å²) in [5.74, 6) is 0.813. The number of carbonyl (C=O) groups is 1. The fraction of sp³-hybridized carbons (Fsp3) is 0.500. The SMILES string of the molecule is CCCCCCC(=O)OC(C)c1ccc(-c2ccc(OCCCCC)cc2)cc1. The maximum absolute atomic E-state index is 12.0. The third-order valence-corrected chi connectivity index (χ3v) is 5.13. The first-order chi connectivity index (χ1) is 14.1. The Morgan fingerprint density at radius 2 is 1.38 bits per heavy atom. The average Bonchev–Trinajstić information content (AvgIpc) is 2.75.